The molecule has 0 atom stereocenters. The van der Waals surface area contributed by atoms with Crippen LogP contribution < -0.4 is 5.32 Å². The van der Waals surface area contributed by atoms with E-state index in [0.717, 1.165) is 18.2 Å². The van der Waals surface area contributed by atoms with Crippen molar-refractivity contribution in [3.8, 4) is 0 Å². The summed E-state index contributed by atoms with van der Waals surface area (Å²) in [6.45, 7) is 1.28. The lowest BCUT2D eigenvalue weighted by Gasteiger charge is -2.05. The zero-order valence-corrected chi connectivity index (χ0v) is 10.9. The van der Waals surface area contributed by atoms with Crippen LogP contribution in [0, 0.1) is 18.6 Å². The number of halogens is 2. The molecule has 5 nitrogen and oxygen atoms in total. The molecule has 0 fully saturated rings. The topological polar surface area (TPSA) is 79.5 Å². The van der Waals surface area contributed by atoms with Crippen molar-refractivity contribution in [1.82, 2.24) is 5.32 Å². The number of amides is 1. The van der Waals surface area contributed by atoms with Crippen LogP contribution in [-0.4, -0.2) is 17.0 Å². The summed E-state index contributed by atoms with van der Waals surface area (Å²) >= 11 is 0. The second kappa shape index (κ2) is 5.74. The maximum absolute atomic E-state index is 13.4. The van der Waals surface area contributed by atoms with Crippen molar-refractivity contribution in [1.29, 1.82) is 0 Å². The zero-order valence-electron chi connectivity index (χ0n) is 10.9. The second-order valence-electron chi connectivity index (χ2n) is 4.27. The second-order valence-corrected chi connectivity index (χ2v) is 4.27. The van der Waals surface area contributed by atoms with Gasteiger partial charge in [0.25, 0.3) is 5.91 Å². The van der Waals surface area contributed by atoms with Gasteiger partial charge in [0.15, 0.2) is 0 Å². The predicted octanol–water partition coefficient (Wildman–Crippen LogP) is 2.49. The third-order valence-corrected chi connectivity index (χ3v) is 2.81. The summed E-state index contributed by atoms with van der Waals surface area (Å²) in [4.78, 5) is 22.6. The molecule has 0 radical (unpaired) electrons. The van der Waals surface area contributed by atoms with Crippen LogP contribution in [0.5, 0.6) is 0 Å². The van der Waals surface area contributed by atoms with E-state index in [1.54, 1.807) is 0 Å². The lowest BCUT2D eigenvalue weighted by Crippen LogP contribution is -2.24. The van der Waals surface area contributed by atoms with Gasteiger partial charge in [0.05, 0.1) is 6.54 Å². The summed E-state index contributed by atoms with van der Waals surface area (Å²) in [7, 11) is 0. The Kier molecular flexibility index (Phi) is 4.02. The number of carbonyl (C=O) groups is 2. The first-order chi connectivity index (χ1) is 9.90. The summed E-state index contributed by atoms with van der Waals surface area (Å²) in [6.07, 6.45) is 0. The quantitative estimate of drug-likeness (QED) is 0.908. The highest BCUT2D eigenvalue weighted by molar-refractivity contribution is 5.94. The number of hydrogen-bond acceptors (Lipinski definition) is 3. The van der Waals surface area contributed by atoms with E-state index in [4.69, 9.17) is 9.52 Å². The van der Waals surface area contributed by atoms with Crippen molar-refractivity contribution < 1.29 is 27.9 Å². The molecular formula is C14H11F2NO4. The first kappa shape index (κ1) is 14.7. The number of aryl methyl sites for hydroxylation is 1. The smallest absolute Gasteiger partial charge is 0.339 e. The Morgan fingerprint density at radius 2 is 1.90 bits per heavy atom. The summed E-state index contributed by atoms with van der Waals surface area (Å²) in [6, 6.07) is 4.33. The largest absolute Gasteiger partial charge is 0.478 e. The average molecular weight is 295 g/mol. The number of carboxylic acids is 1. The van der Waals surface area contributed by atoms with Crippen LogP contribution >= 0.6 is 0 Å². The van der Waals surface area contributed by atoms with Gasteiger partial charge < -0.3 is 14.8 Å². The molecule has 0 aliphatic heterocycles. The van der Waals surface area contributed by atoms with Crippen LogP contribution in [0.1, 0.15) is 32.2 Å². The number of hydrogen-bond donors (Lipinski definition) is 2. The summed E-state index contributed by atoms with van der Waals surface area (Å²) in [5.41, 5.74) is -0.726. The highest BCUT2D eigenvalue weighted by atomic mass is 19.1. The minimum atomic E-state index is -1.16. The standard InChI is InChI=1S/C14H11F2NO4/c1-7-9(14(19)20)5-8(21-7)6-17-13(18)12-10(15)3-2-4-11(12)16/h2-5H,6H2,1H3,(H,17,18)(H,19,20). The molecular weight excluding hydrogens is 284 g/mol. The van der Waals surface area contributed by atoms with E-state index in [1.165, 1.54) is 13.0 Å². The molecule has 0 bridgehead atoms. The fourth-order valence-electron chi connectivity index (χ4n) is 1.81. The van der Waals surface area contributed by atoms with Crippen molar-refractivity contribution in [3.63, 3.8) is 0 Å². The van der Waals surface area contributed by atoms with Crippen LogP contribution in [0.15, 0.2) is 28.7 Å². The van der Waals surface area contributed by atoms with Gasteiger partial charge in [0.1, 0.15) is 34.3 Å². The summed E-state index contributed by atoms with van der Waals surface area (Å²) in [5.74, 6) is -3.70. The Hall–Kier alpha value is -2.70. The minimum absolute atomic E-state index is 0.0312. The summed E-state index contributed by atoms with van der Waals surface area (Å²) < 4.78 is 31.9. The molecule has 1 aromatic carbocycles. The Bertz CT molecular complexity index is 689. The predicted molar refractivity (Wildman–Crippen MR) is 67.9 cm³/mol. The summed E-state index contributed by atoms with van der Waals surface area (Å²) in [5, 5.41) is 11.1. The molecule has 2 rings (SSSR count). The molecule has 0 saturated carbocycles. The minimum Gasteiger partial charge on any atom is -0.478 e. The molecule has 110 valence electrons. The molecule has 2 N–H and O–H groups in total. The van der Waals surface area contributed by atoms with Gasteiger partial charge in [-0.15, -0.1) is 0 Å². The zero-order chi connectivity index (χ0) is 15.6. The van der Waals surface area contributed by atoms with Crippen molar-refractivity contribution in [3.05, 3.63) is 58.5 Å². The van der Waals surface area contributed by atoms with E-state index < -0.39 is 29.1 Å². The highest BCUT2D eigenvalue weighted by Gasteiger charge is 2.18. The molecule has 0 aliphatic carbocycles. The Balaban J connectivity index is 2.11. The van der Waals surface area contributed by atoms with Crippen LogP contribution in [0.2, 0.25) is 0 Å². The number of aromatic carboxylic acids is 1. The average Bonchev–Trinajstić information content (AvgIpc) is 2.77. The van der Waals surface area contributed by atoms with Gasteiger partial charge in [-0.05, 0) is 25.1 Å². The SMILES string of the molecule is Cc1oc(CNC(=O)c2c(F)cccc2F)cc1C(=O)O. The molecule has 0 spiro atoms. The van der Waals surface area contributed by atoms with E-state index in [-0.39, 0.29) is 23.6 Å². The normalized spacial score (nSPS) is 10.4. The fraction of sp³-hybridized carbons (Fsp3) is 0.143. The van der Waals surface area contributed by atoms with Crippen LogP contribution in [0.3, 0.4) is 0 Å². The highest BCUT2D eigenvalue weighted by Crippen LogP contribution is 2.15. The van der Waals surface area contributed by atoms with Crippen molar-refractivity contribution in [2.75, 3.05) is 0 Å². The van der Waals surface area contributed by atoms with Gasteiger partial charge in [-0.3, -0.25) is 4.79 Å². The molecule has 0 aliphatic rings. The molecule has 21 heavy (non-hydrogen) atoms. The molecule has 0 unspecified atom stereocenters. The van der Waals surface area contributed by atoms with Gasteiger partial charge in [-0.2, -0.15) is 0 Å². The first-order valence-electron chi connectivity index (χ1n) is 5.95. The van der Waals surface area contributed by atoms with Crippen LogP contribution in [-0.2, 0) is 6.54 Å². The molecule has 1 heterocycles. The van der Waals surface area contributed by atoms with Crippen molar-refractivity contribution in [2.24, 2.45) is 0 Å². The van der Waals surface area contributed by atoms with E-state index >= 15 is 0 Å². The molecule has 1 aromatic heterocycles. The first-order valence-corrected chi connectivity index (χ1v) is 5.95. The van der Waals surface area contributed by atoms with E-state index in [0.29, 0.717) is 0 Å². The Labute approximate surface area is 118 Å². The van der Waals surface area contributed by atoms with Crippen LogP contribution in [0.25, 0.3) is 0 Å². The number of rotatable bonds is 4. The fourth-order valence-corrected chi connectivity index (χ4v) is 1.81. The van der Waals surface area contributed by atoms with Gasteiger partial charge in [0.2, 0.25) is 0 Å². The number of carboxylic acid groups (broad SMARTS) is 1. The molecule has 1 amide bonds. The van der Waals surface area contributed by atoms with Gasteiger partial charge in [0, 0.05) is 0 Å². The number of furan rings is 1. The third kappa shape index (κ3) is 3.07. The number of carbonyl (C=O) groups excluding carboxylic acids is 1. The molecule has 7 heteroatoms. The van der Waals surface area contributed by atoms with E-state index in [9.17, 15) is 18.4 Å². The van der Waals surface area contributed by atoms with Crippen LogP contribution in [0.4, 0.5) is 8.78 Å². The van der Waals surface area contributed by atoms with Gasteiger partial charge >= 0.3 is 5.97 Å². The van der Waals surface area contributed by atoms with E-state index in [1.807, 2.05) is 0 Å². The van der Waals surface area contributed by atoms with E-state index in [2.05, 4.69) is 5.32 Å². The molecule has 2 aromatic rings. The Morgan fingerprint density at radius 1 is 1.29 bits per heavy atom. The lowest BCUT2D eigenvalue weighted by molar-refractivity contribution is 0.0694. The Morgan fingerprint density at radius 3 is 2.43 bits per heavy atom. The van der Waals surface area contributed by atoms with Gasteiger partial charge in [-0.25, -0.2) is 13.6 Å². The number of benzene rings is 1. The lowest BCUT2D eigenvalue weighted by atomic mass is 10.2. The maximum atomic E-state index is 13.4. The third-order valence-electron chi connectivity index (χ3n) is 2.81. The number of nitrogens with one attached hydrogen (secondary N) is 1. The molecule has 0 saturated heterocycles. The monoisotopic (exact) mass is 295 g/mol. The maximum Gasteiger partial charge on any atom is 0.339 e. The van der Waals surface area contributed by atoms with Crippen molar-refractivity contribution in [2.45, 2.75) is 13.5 Å². The van der Waals surface area contributed by atoms with Gasteiger partial charge in [-0.1, -0.05) is 6.07 Å². The van der Waals surface area contributed by atoms with Crippen molar-refractivity contribution >= 4 is 11.9 Å².